The van der Waals surface area contributed by atoms with Gasteiger partial charge in [-0.15, -0.1) is 0 Å². The van der Waals surface area contributed by atoms with E-state index in [1.54, 1.807) is 0 Å². The van der Waals surface area contributed by atoms with Gasteiger partial charge in [0.1, 0.15) is 0 Å². The van der Waals surface area contributed by atoms with E-state index in [2.05, 4.69) is 182 Å². The molecule has 1 aliphatic carbocycles. The van der Waals surface area contributed by atoms with E-state index in [1.165, 1.54) is 88.5 Å². The lowest BCUT2D eigenvalue weighted by Crippen LogP contribution is -2.10. The Balaban J connectivity index is 0.000000186. The van der Waals surface area contributed by atoms with Gasteiger partial charge in [0.25, 0.3) is 0 Å². The summed E-state index contributed by atoms with van der Waals surface area (Å²) >= 11 is 0. The average Bonchev–Trinajstić information content (AvgIpc) is 3.16. The molecule has 2 nitrogen and oxygen atoms in total. The zero-order valence-corrected chi connectivity index (χ0v) is 30.0. The highest BCUT2D eigenvalue weighted by Gasteiger charge is 2.17. The van der Waals surface area contributed by atoms with Crippen LogP contribution in [0.5, 0.6) is 0 Å². The van der Waals surface area contributed by atoms with E-state index in [1.807, 2.05) is 19.9 Å². The van der Waals surface area contributed by atoms with Gasteiger partial charge in [0.05, 0.1) is 0 Å². The van der Waals surface area contributed by atoms with Crippen LogP contribution in [0.2, 0.25) is 0 Å². The Kier molecular flexibility index (Phi) is 12.9. The third-order valence-corrected chi connectivity index (χ3v) is 9.10. The van der Waals surface area contributed by atoms with Gasteiger partial charge in [-0.1, -0.05) is 129 Å². The van der Waals surface area contributed by atoms with Crippen molar-refractivity contribution >= 4 is 34.1 Å². The van der Waals surface area contributed by atoms with Crippen molar-refractivity contribution in [3.63, 3.8) is 0 Å². The highest BCUT2D eigenvalue weighted by Crippen LogP contribution is 2.38. The fraction of sp³-hybridized carbons (Fsp3) is 0.234. The zero-order valence-electron chi connectivity index (χ0n) is 30.0. The maximum atomic E-state index is 2.34. The molecule has 2 heteroatoms. The number of hydrogen-bond acceptors (Lipinski definition) is 2. The van der Waals surface area contributed by atoms with Gasteiger partial charge in [-0.25, -0.2) is 0 Å². The number of hydrogen-bond donors (Lipinski definition) is 0. The maximum Gasteiger partial charge on any atom is 0.0464 e. The second kappa shape index (κ2) is 17.9. The van der Waals surface area contributed by atoms with Crippen molar-refractivity contribution in [1.29, 1.82) is 0 Å². The lowest BCUT2D eigenvalue weighted by Gasteiger charge is -2.27. The predicted octanol–water partition coefficient (Wildman–Crippen LogP) is 14.3. The summed E-state index contributed by atoms with van der Waals surface area (Å²) in [6.45, 7) is 10.4. The number of aryl methyl sites for hydroxylation is 3. The zero-order chi connectivity index (χ0) is 34.4. The molecule has 7 rings (SSSR count). The molecule has 0 saturated heterocycles. The lowest BCUT2D eigenvalue weighted by molar-refractivity contribution is 0.443. The molecule has 0 N–H and O–H groups in total. The van der Waals surface area contributed by atoms with Gasteiger partial charge in [0, 0.05) is 34.1 Å². The molecule has 0 aromatic heterocycles. The standard InChI is InChI=1S/C25H27N.C20H19N.C2H6/c1-20-12-16-24(17-13-20)26(23-10-6-3-7-11-23)25-18-14-22(15-19-25)21-8-4-2-5-9-21;1-16-11-13-19(14-12-16)21(18-8-4-3-5-9-18)20-10-6-7-17(2)15-20;1-2/h3,6-7,10-19,21H,2,4-5,8-9H2,1H3;3-15H,1-2H3;1-2H3. The number of nitrogens with zero attached hydrogens (tertiary/aromatic N) is 2. The fourth-order valence-electron chi connectivity index (χ4n) is 6.53. The molecule has 6 aromatic carbocycles. The van der Waals surface area contributed by atoms with E-state index < -0.39 is 0 Å². The number of benzene rings is 6. The highest BCUT2D eigenvalue weighted by molar-refractivity contribution is 5.77. The van der Waals surface area contributed by atoms with Gasteiger partial charge in [0.15, 0.2) is 0 Å². The molecule has 0 bridgehead atoms. The Morgan fingerprint density at radius 3 is 1.20 bits per heavy atom. The molecule has 0 unspecified atom stereocenters. The van der Waals surface area contributed by atoms with Crippen molar-refractivity contribution < 1.29 is 0 Å². The summed E-state index contributed by atoms with van der Waals surface area (Å²) in [7, 11) is 0. The minimum atomic E-state index is 0.752. The molecule has 0 spiro atoms. The SMILES string of the molecule is CC.Cc1ccc(N(c2ccccc2)c2ccc(C3CCCCC3)cc2)cc1.Cc1ccc(N(c2ccccc2)c2cccc(C)c2)cc1. The summed E-state index contributed by atoms with van der Waals surface area (Å²) in [5, 5.41) is 0. The molecule has 1 fully saturated rings. The van der Waals surface area contributed by atoms with E-state index in [-0.39, 0.29) is 0 Å². The summed E-state index contributed by atoms with van der Waals surface area (Å²) < 4.78 is 0. The molecular formula is C47H52N2. The van der Waals surface area contributed by atoms with Crippen LogP contribution in [0, 0.1) is 20.8 Å². The molecule has 0 aliphatic heterocycles. The topological polar surface area (TPSA) is 6.48 Å². The number of para-hydroxylation sites is 2. The summed E-state index contributed by atoms with van der Waals surface area (Å²) in [4.78, 5) is 4.62. The number of anilines is 6. The maximum absolute atomic E-state index is 2.34. The Morgan fingerprint density at radius 2 is 0.755 bits per heavy atom. The molecule has 250 valence electrons. The molecular weight excluding hydrogens is 593 g/mol. The van der Waals surface area contributed by atoms with E-state index >= 15 is 0 Å². The van der Waals surface area contributed by atoms with Gasteiger partial charge in [-0.3, -0.25) is 0 Å². The van der Waals surface area contributed by atoms with Crippen LogP contribution in [0.4, 0.5) is 34.1 Å². The Hall–Kier alpha value is -5.08. The Bertz CT molecular complexity index is 1800. The van der Waals surface area contributed by atoms with Crippen LogP contribution in [0.3, 0.4) is 0 Å². The highest BCUT2D eigenvalue weighted by atomic mass is 15.1. The Morgan fingerprint density at radius 1 is 0.367 bits per heavy atom. The first-order valence-electron chi connectivity index (χ1n) is 18.1. The first-order valence-corrected chi connectivity index (χ1v) is 18.1. The smallest absolute Gasteiger partial charge is 0.0464 e. The molecule has 0 heterocycles. The van der Waals surface area contributed by atoms with Crippen molar-refractivity contribution in [2.75, 3.05) is 9.80 Å². The molecule has 0 atom stereocenters. The fourth-order valence-corrected chi connectivity index (χ4v) is 6.53. The minimum Gasteiger partial charge on any atom is -0.311 e. The van der Waals surface area contributed by atoms with Crippen molar-refractivity contribution in [3.8, 4) is 0 Å². The Labute approximate surface area is 295 Å². The van der Waals surface area contributed by atoms with Crippen molar-refractivity contribution in [2.45, 2.75) is 72.6 Å². The first kappa shape index (κ1) is 35.2. The third-order valence-electron chi connectivity index (χ3n) is 9.10. The van der Waals surface area contributed by atoms with E-state index in [0.29, 0.717) is 0 Å². The quantitative estimate of drug-likeness (QED) is 0.171. The first-order chi connectivity index (χ1) is 24.0. The van der Waals surface area contributed by atoms with E-state index in [4.69, 9.17) is 0 Å². The minimum absolute atomic E-state index is 0.752. The van der Waals surface area contributed by atoms with Crippen LogP contribution in [-0.2, 0) is 0 Å². The molecule has 1 saturated carbocycles. The third kappa shape index (κ3) is 9.51. The monoisotopic (exact) mass is 644 g/mol. The molecule has 0 amide bonds. The molecule has 49 heavy (non-hydrogen) atoms. The van der Waals surface area contributed by atoms with Crippen molar-refractivity contribution in [2.24, 2.45) is 0 Å². The van der Waals surface area contributed by atoms with Gasteiger partial charge < -0.3 is 9.80 Å². The second-order valence-corrected chi connectivity index (χ2v) is 12.8. The van der Waals surface area contributed by atoms with Crippen molar-refractivity contribution in [3.05, 3.63) is 180 Å². The van der Waals surface area contributed by atoms with Gasteiger partial charge in [0.2, 0.25) is 0 Å². The van der Waals surface area contributed by atoms with Crippen LogP contribution in [0.25, 0.3) is 0 Å². The molecule has 1 aliphatic rings. The van der Waals surface area contributed by atoms with Crippen LogP contribution < -0.4 is 9.80 Å². The summed E-state index contributed by atoms with van der Waals surface area (Å²) in [6, 6.07) is 56.4. The summed E-state index contributed by atoms with van der Waals surface area (Å²) in [5.41, 5.74) is 12.5. The molecule has 0 radical (unpaired) electrons. The number of rotatable bonds is 7. The summed E-state index contributed by atoms with van der Waals surface area (Å²) in [6.07, 6.45) is 6.86. The van der Waals surface area contributed by atoms with Crippen LogP contribution >= 0.6 is 0 Å². The normalized spacial score (nSPS) is 12.5. The largest absolute Gasteiger partial charge is 0.311 e. The van der Waals surface area contributed by atoms with Gasteiger partial charge in [-0.2, -0.15) is 0 Å². The molecule has 6 aromatic rings. The van der Waals surface area contributed by atoms with Gasteiger partial charge >= 0.3 is 0 Å². The van der Waals surface area contributed by atoms with Crippen LogP contribution in [-0.4, -0.2) is 0 Å². The second-order valence-electron chi connectivity index (χ2n) is 12.8. The van der Waals surface area contributed by atoms with E-state index in [9.17, 15) is 0 Å². The van der Waals surface area contributed by atoms with Crippen LogP contribution in [0.15, 0.2) is 158 Å². The van der Waals surface area contributed by atoms with E-state index in [0.717, 1.165) is 5.92 Å². The summed E-state index contributed by atoms with van der Waals surface area (Å²) in [5.74, 6) is 0.752. The lowest BCUT2D eigenvalue weighted by atomic mass is 9.84. The predicted molar refractivity (Wildman–Crippen MR) is 214 cm³/mol. The van der Waals surface area contributed by atoms with Crippen molar-refractivity contribution in [1.82, 2.24) is 0 Å². The average molecular weight is 645 g/mol. The van der Waals surface area contributed by atoms with Gasteiger partial charge in [-0.05, 0) is 123 Å². The van der Waals surface area contributed by atoms with Crippen LogP contribution in [0.1, 0.15) is 74.1 Å².